The number of carbonyl (C=O) groups is 1. The van der Waals surface area contributed by atoms with Crippen molar-refractivity contribution in [2.75, 3.05) is 13.1 Å². The molecule has 1 saturated carbocycles. The molecule has 4 heteroatoms. The summed E-state index contributed by atoms with van der Waals surface area (Å²) in [6, 6.07) is 2.52. The van der Waals surface area contributed by atoms with Gasteiger partial charge in [-0.3, -0.25) is 4.79 Å². The molecule has 0 saturated heterocycles. The molecule has 0 aromatic rings. The van der Waals surface area contributed by atoms with Gasteiger partial charge in [-0.15, -0.1) is 0 Å². The van der Waals surface area contributed by atoms with Crippen molar-refractivity contribution in [2.45, 2.75) is 32.2 Å². The maximum absolute atomic E-state index is 11.2. The molecule has 78 valence electrons. The topological polar surface area (TPSA) is 64.9 Å². The van der Waals surface area contributed by atoms with E-state index in [1.165, 1.54) is 12.8 Å². The third-order valence-corrected chi connectivity index (χ3v) is 2.53. The first-order valence-corrected chi connectivity index (χ1v) is 5.15. The Morgan fingerprint density at radius 2 is 2.43 bits per heavy atom. The van der Waals surface area contributed by atoms with E-state index in [1.54, 1.807) is 0 Å². The highest BCUT2D eigenvalue weighted by Gasteiger charge is 2.34. The first kappa shape index (κ1) is 11.0. The number of hydrogen-bond acceptors (Lipinski definition) is 3. The molecule has 1 aliphatic carbocycles. The number of nitrogens with one attached hydrogen (secondary N) is 2. The van der Waals surface area contributed by atoms with Gasteiger partial charge in [-0.1, -0.05) is 13.3 Å². The Balaban J connectivity index is 1.97. The molecule has 2 atom stereocenters. The summed E-state index contributed by atoms with van der Waals surface area (Å²) in [5.41, 5.74) is 0. The minimum atomic E-state index is -0.0120. The molecule has 0 radical (unpaired) electrons. The molecule has 0 spiro atoms. The Kier molecular flexibility index (Phi) is 4.41. The summed E-state index contributed by atoms with van der Waals surface area (Å²) in [5, 5.41) is 14.1. The molecule has 14 heavy (non-hydrogen) atoms. The Labute approximate surface area is 84.7 Å². The van der Waals surface area contributed by atoms with Gasteiger partial charge in [-0.25, -0.2) is 0 Å². The first-order chi connectivity index (χ1) is 6.77. The second-order valence-electron chi connectivity index (χ2n) is 3.65. The summed E-state index contributed by atoms with van der Waals surface area (Å²) >= 11 is 0. The standard InChI is InChI=1S/C10H17N3O/c1-2-8-6-9(8)13-7-10(14)12-5-3-4-11/h8-9,13H,2-3,5-7H2,1H3,(H,12,14). The second-order valence-corrected chi connectivity index (χ2v) is 3.65. The molecule has 0 aromatic carbocycles. The zero-order chi connectivity index (χ0) is 10.4. The Morgan fingerprint density at radius 1 is 1.64 bits per heavy atom. The van der Waals surface area contributed by atoms with Crippen molar-refractivity contribution in [3.05, 3.63) is 0 Å². The van der Waals surface area contributed by atoms with Crippen LogP contribution in [0.5, 0.6) is 0 Å². The lowest BCUT2D eigenvalue weighted by molar-refractivity contribution is -0.120. The average Bonchev–Trinajstić information content (AvgIpc) is 2.94. The van der Waals surface area contributed by atoms with E-state index >= 15 is 0 Å². The highest BCUT2D eigenvalue weighted by atomic mass is 16.1. The average molecular weight is 195 g/mol. The van der Waals surface area contributed by atoms with Crippen LogP contribution >= 0.6 is 0 Å². The molecular formula is C10H17N3O. The van der Waals surface area contributed by atoms with Crippen molar-refractivity contribution in [2.24, 2.45) is 5.92 Å². The maximum Gasteiger partial charge on any atom is 0.233 e. The van der Waals surface area contributed by atoms with Gasteiger partial charge in [0.2, 0.25) is 5.91 Å². The highest BCUT2D eigenvalue weighted by Crippen LogP contribution is 2.32. The summed E-state index contributed by atoms with van der Waals surface area (Å²) in [5.74, 6) is 0.754. The van der Waals surface area contributed by atoms with Crippen LogP contribution in [-0.2, 0) is 4.79 Å². The van der Waals surface area contributed by atoms with Gasteiger partial charge in [0, 0.05) is 12.6 Å². The lowest BCUT2D eigenvalue weighted by Crippen LogP contribution is -2.35. The molecule has 1 amide bonds. The van der Waals surface area contributed by atoms with Crippen molar-refractivity contribution in [1.29, 1.82) is 5.26 Å². The van der Waals surface area contributed by atoms with Gasteiger partial charge in [-0.05, 0) is 12.3 Å². The van der Waals surface area contributed by atoms with Crippen LogP contribution in [0, 0.1) is 17.2 Å². The summed E-state index contributed by atoms with van der Waals surface area (Å²) in [7, 11) is 0. The largest absolute Gasteiger partial charge is 0.354 e. The zero-order valence-electron chi connectivity index (χ0n) is 8.55. The molecule has 1 fully saturated rings. The van der Waals surface area contributed by atoms with E-state index in [2.05, 4.69) is 17.6 Å². The fourth-order valence-corrected chi connectivity index (χ4v) is 1.49. The van der Waals surface area contributed by atoms with Crippen molar-refractivity contribution >= 4 is 5.91 Å². The minimum absolute atomic E-state index is 0.0120. The van der Waals surface area contributed by atoms with Gasteiger partial charge in [0.05, 0.1) is 19.0 Å². The van der Waals surface area contributed by atoms with E-state index in [0.29, 0.717) is 25.6 Å². The molecule has 0 aromatic heterocycles. The van der Waals surface area contributed by atoms with Crippen LogP contribution in [0.25, 0.3) is 0 Å². The fourth-order valence-electron chi connectivity index (χ4n) is 1.49. The molecular weight excluding hydrogens is 178 g/mol. The summed E-state index contributed by atoms with van der Waals surface area (Å²) in [6.07, 6.45) is 2.77. The van der Waals surface area contributed by atoms with Crippen molar-refractivity contribution in [3.63, 3.8) is 0 Å². The molecule has 4 nitrogen and oxygen atoms in total. The fraction of sp³-hybridized carbons (Fsp3) is 0.800. The monoisotopic (exact) mass is 195 g/mol. The quantitative estimate of drug-likeness (QED) is 0.603. The Bertz CT molecular complexity index is 234. The normalized spacial score (nSPS) is 24.0. The lowest BCUT2D eigenvalue weighted by atomic mass is 10.3. The van der Waals surface area contributed by atoms with Crippen LogP contribution in [-0.4, -0.2) is 25.0 Å². The second kappa shape index (κ2) is 5.61. The van der Waals surface area contributed by atoms with E-state index in [1.807, 2.05) is 6.07 Å². The number of carbonyl (C=O) groups excluding carboxylic acids is 1. The van der Waals surface area contributed by atoms with Crippen molar-refractivity contribution < 1.29 is 4.79 Å². The molecule has 2 unspecified atom stereocenters. The van der Waals surface area contributed by atoms with Crippen LogP contribution in [0.4, 0.5) is 0 Å². The van der Waals surface area contributed by atoms with Crippen LogP contribution < -0.4 is 10.6 Å². The van der Waals surface area contributed by atoms with Gasteiger partial charge in [0.1, 0.15) is 0 Å². The third kappa shape index (κ3) is 3.75. The Morgan fingerprint density at radius 3 is 3.00 bits per heavy atom. The predicted molar refractivity (Wildman–Crippen MR) is 53.4 cm³/mol. The van der Waals surface area contributed by atoms with Gasteiger partial charge in [0.25, 0.3) is 0 Å². The maximum atomic E-state index is 11.2. The number of hydrogen-bond donors (Lipinski definition) is 2. The van der Waals surface area contributed by atoms with Crippen LogP contribution in [0.3, 0.4) is 0 Å². The van der Waals surface area contributed by atoms with Crippen LogP contribution in [0.15, 0.2) is 0 Å². The predicted octanol–water partition coefficient (Wildman–Crippen LogP) is 0.404. The van der Waals surface area contributed by atoms with Gasteiger partial charge < -0.3 is 10.6 Å². The van der Waals surface area contributed by atoms with E-state index in [-0.39, 0.29) is 5.91 Å². The van der Waals surface area contributed by atoms with E-state index in [4.69, 9.17) is 5.26 Å². The van der Waals surface area contributed by atoms with E-state index in [9.17, 15) is 4.79 Å². The van der Waals surface area contributed by atoms with Crippen LogP contribution in [0.2, 0.25) is 0 Å². The summed E-state index contributed by atoms with van der Waals surface area (Å²) in [6.45, 7) is 3.00. The molecule has 0 heterocycles. The third-order valence-electron chi connectivity index (χ3n) is 2.53. The van der Waals surface area contributed by atoms with Crippen molar-refractivity contribution in [3.8, 4) is 6.07 Å². The zero-order valence-corrected chi connectivity index (χ0v) is 8.55. The minimum Gasteiger partial charge on any atom is -0.354 e. The van der Waals surface area contributed by atoms with E-state index < -0.39 is 0 Å². The summed E-state index contributed by atoms with van der Waals surface area (Å²) in [4.78, 5) is 11.2. The van der Waals surface area contributed by atoms with Crippen LogP contribution in [0.1, 0.15) is 26.2 Å². The number of nitriles is 1. The van der Waals surface area contributed by atoms with Gasteiger partial charge >= 0.3 is 0 Å². The Hall–Kier alpha value is -1.08. The number of nitrogens with zero attached hydrogens (tertiary/aromatic N) is 1. The molecule has 1 aliphatic rings. The summed E-state index contributed by atoms with van der Waals surface area (Å²) < 4.78 is 0. The molecule has 0 aliphatic heterocycles. The van der Waals surface area contributed by atoms with E-state index in [0.717, 1.165) is 5.92 Å². The molecule has 1 rings (SSSR count). The number of rotatable bonds is 6. The van der Waals surface area contributed by atoms with Gasteiger partial charge in [-0.2, -0.15) is 5.26 Å². The SMILES string of the molecule is CCC1CC1NCC(=O)NCCC#N. The highest BCUT2D eigenvalue weighted by molar-refractivity contribution is 5.78. The lowest BCUT2D eigenvalue weighted by Gasteiger charge is -2.03. The molecule has 0 bridgehead atoms. The first-order valence-electron chi connectivity index (χ1n) is 5.15. The smallest absolute Gasteiger partial charge is 0.233 e. The molecule has 2 N–H and O–H groups in total. The van der Waals surface area contributed by atoms with Gasteiger partial charge in [0.15, 0.2) is 0 Å². The van der Waals surface area contributed by atoms with Crippen molar-refractivity contribution in [1.82, 2.24) is 10.6 Å². The number of amides is 1.